The van der Waals surface area contributed by atoms with Gasteiger partial charge in [-0.15, -0.1) is 0 Å². The molecule has 0 saturated carbocycles. The maximum Gasteiger partial charge on any atom is 0.325 e. The van der Waals surface area contributed by atoms with Gasteiger partial charge in [-0.2, -0.15) is 0 Å². The summed E-state index contributed by atoms with van der Waals surface area (Å²) < 4.78 is 0. The summed E-state index contributed by atoms with van der Waals surface area (Å²) >= 11 is 0. The van der Waals surface area contributed by atoms with Crippen molar-refractivity contribution in [1.82, 2.24) is 15.5 Å². The van der Waals surface area contributed by atoms with Crippen LogP contribution >= 0.6 is 0 Å². The number of hydrogen-bond donors (Lipinski definition) is 3. The zero-order valence-electron chi connectivity index (χ0n) is 13.8. The number of carbonyl (C=O) groups is 2. The number of aliphatic hydroxyl groups excluding tert-OH is 1. The van der Waals surface area contributed by atoms with Gasteiger partial charge in [0.25, 0.3) is 5.91 Å². The third-order valence-corrected chi connectivity index (χ3v) is 5.21. The topological polar surface area (TPSA) is 81.7 Å². The van der Waals surface area contributed by atoms with E-state index in [4.69, 9.17) is 5.11 Å². The number of hydrogen-bond acceptors (Lipinski definition) is 4. The molecule has 3 amide bonds. The number of nitrogens with zero attached hydrogens (tertiary/aromatic N) is 1. The third kappa shape index (κ3) is 3.16. The quantitative estimate of drug-likeness (QED) is 0.677. The van der Waals surface area contributed by atoms with E-state index in [0.29, 0.717) is 6.42 Å². The van der Waals surface area contributed by atoms with Crippen molar-refractivity contribution in [2.75, 3.05) is 26.2 Å². The Bertz CT molecular complexity index is 586. The predicted molar refractivity (Wildman–Crippen MR) is 90.4 cm³/mol. The Hall–Kier alpha value is -1.92. The van der Waals surface area contributed by atoms with Crippen LogP contribution in [-0.4, -0.2) is 53.7 Å². The lowest BCUT2D eigenvalue weighted by molar-refractivity contribution is -0.134. The van der Waals surface area contributed by atoms with Crippen molar-refractivity contribution >= 4 is 11.9 Å². The molecule has 1 unspecified atom stereocenters. The van der Waals surface area contributed by atoms with Crippen LogP contribution in [0.4, 0.5) is 4.79 Å². The Morgan fingerprint density at radius 2 is 1.88 bits per heavy atom. The average Bonchev–Trinajstić information content (AvgIpc) is 2.87. The predicted octanol–water partition coefficient (Wildman–Crippen LogP) is 0.902. The zero-order chi connectivity index (χ0) is 17.0. The minimum Gasteiger partial charge on any atom is -0.395 e. The number of nitrogens with one attached hydrogen (secondary N) is 2. The highest BCUT2D eigenvalue weighted by atomic mass is 16.3. The van der Waals surface area contributed by atoms with Crippen LogP contribution in [0.1, 0.15) is 24.8 Å². The van der Waals surface area contributed by atoms with Crippen LogP contribution in [0.5, 0.6) is 0 Å². The Morgan fingerprint density at radius 3 is 2.54 bits per heavy atom. The second kappa shape index (κ2) is 7.32. The summed E-state index contributed by atoms with van der Waals surface area (Å²) in [6.07, 6.45) is 3.07. The van der Waals surface area contributed by atoms with Gasteiger partial charge in [-0.05, 0) is 50.3 Å². The molecule has 0 spiro atoms. The van der Waals surface area contributed by atoms with Crippen molar-refractivity contribution in [2.45, 2.75) is 31.2 Å². The van der Waals surface area contributed by atoms with E-state index in [-0.39, 0.29) is 31.0 Å². The van der Waals surface area contributed by atoms with Crippen molar-refractivity contribution in [2.24, 2.45) is 5.92 Å². The number of amides is 3. The van der Waals surface area contributed by atoms with E-state index < -0.39 is 5.54 Å². The molecule has 24 heavy (non-hydrogen) atoms. The number of urea groups is 1. The SMILES string of the molecule is O=C1NC(CCc2ccccc2)(C2CCNCC2)C(=O)N1CCO. The van der Waals surface area contributed by atoms with Gasteiger partial charge in [-0.25, -0.2) is 4.79 Å². The molecule has 6 nitrogen and oxygen atoms in total. The first-order valence-corrected chi connectivity index (χ1v) is 8.67. The van der Waals surface area contributed by atoms with Gasteiger partial charge in [-0.1, -0.05) is 30.3 Å². The van der Waals surface area contributed by atoms with Crippen LogP contribution in [0.2, 0.25) is 0 Å². The summed E-state index contributed by atoms with van der Waals surface area (Å²) in [5.74, 6) is -0.0491. The minimum absolute atomic E-state index is 0.0583. The molecule has 130 valence electrons. The Morgan fingerprint density at radius 1 is 1.17 bits per heavy atom. The highest BCUT2D eigenvalue weighted by molar-refractivity contribution is 6.07. The molecule has 0 aliphatic carbocycles. The summed E-state index contributed by atoms with van der Waals surface area (Å²) in [6, 6.07) is 9.66. The van der Waals surface area contributed by atoms with Crippen molar-refractivity contribution in [3.8, 4) is 0 Å². The van der Waals surface area contributed by atoms with E-state index in [1.807, 2.05) is 30.3 Å². The molecule has 2 aliphatic rings. The highest BCUT2D eigenvalue weighted by Gasteiger charge is 2.54. The van der Waals surface area contributed by atoms with Crippen LogP contribution in [0.15, 0.2) is 30.3 Å². The van der Waals surface area contributed by atoms with Crippen LogP contribution in [-0.2, 0) is 11.2 Å². The molecule has 6 heteroatoms. The summed E-state index contributed by atoms with van der Waals surface area (Å²) in [4.78, 5) is 26.5. The van der Waals surface area contributed by atoms with Gasteiger partial charge in [0.15, 0.2) is 0 Å². The number of benzene rings is 1. The molecule has 0 radical (unpaired) electrons. The number of piperidine rings is 1. The Labute approximate surface area is 142 Å². The maximum absolute atomic E-state index is 13.1. The summed E-state index contributed by atoms with van der Waals surface area (Å²) in [5.41, 5.74) is 0.318. The summed E-state index contributed by atoms with van der Waals surface area (Å²) in [7, 11) is 0. The molecule has 2 saturated heterocycles. The van der Waals surface area contributed by atoms with Crippen molar-refractivity contribution < 1.29 is 14.7 Å². The first kappa shape index (κ1) is 16.9. The fourth-order valence-electron chi connectivity index (χ4n) is 3.90. The van der Waals surface area contributed by atoms with Gasteiger partial charge in [0.05, 0.1) is 13.2 Å². The Kier molecular flexibility index (Phi) is 5.16. The maximum atomic E-state index is 13.1. The zero-order valence-corrected chi connectivity index (χ0v) is 13.8. The standard InChI is InChI=1S/C18H25N3O3/c22-13-12-21-16(23)18(20-17(21)24,15-7-10-19-11-8-15)9-6-14-4-2-1-3-5-14/h1-5,15,19,22H,6-13H2,(H,20,24). The van der Waals surface area contributed by atoms with E-state index in [1.165, 1.54) is 4.90 Å². The molecule has 2 aliphatic heterocycles. The molecule has 0 bridgehead atoms. The molecular weight excluding hydrogens is 306 g/mol. The molecule has 0 aromatic heterocycles. The fraction of sp³-hybridized carbons (Fsp3) is 0.556. The van der Waals surface area contributed by atoms with E-state index in [0.717, 1.165) is 37.9 Å². The van der Waals surface area contributed by atoms with Crippen LogP contribution in [0.25, 0.3) is 0 Å². The summed E-state index contributed by atoms with van der Waals surface area (Å²) in [6.45, 7) is 1.57. The van der Waals surface area contributed by atoms with Crippen molar-refractivity contribution in [1.29, 1.82) is 0 Å². The first-order valence-electron chi connectivity index (χ1n) is 8.67. The van der Waals surface area contributed by atoms with Crippen LogP contribution < -0.4 is 10.6 Å². The number of aliphatic hydroxyl groups is 1. The minimum atomic E-state index is -0.843. The van der Waals surface area contributed by atoms with E-state index in [9.17, 15) is 9.59 Å². The van der Waals surface area contributed by atoms with Gasteiger partial charge in [0, 0.05) is 0 Å². The smallest absolute Gasteiger partial charge is 0.325 e. The molecule has 2 fully saturated rings. The van der Waals surface area contributed by atoms with Gasteiger partial charge in [0.1, 0.15) is 5.54 Å². The van der Waals surface area contributed by atoms with E-state index >= 15 is 0 Å². The number of rotatable bonds is 6. The van der Waals surface area contributed by atoms with Gasteiger partial charge in [-0.3, -0.25) is 9.69 Å². The van der Waals surface area contributed by atoms with Crippen LogP contribution in [0, 0.1) is 5.92 Å². The van der Waals surface area contributed by atoms with Gasteiger partial charge >= 0.3 is 6.03 Å². The fourth-order valence-corrected chi connectivity index (χ4v) is 3.90. The van der Waals surface area contributed by atoms with E-state index in [2.05, 4.69) is 10.6 Å². The molecule has 1 aromatic rings. The second-order valence-electron chi connectivity index (χ2n) is 6.59. The van der Waals surface area contributed by atoms with E-state index in [1.54, 1.807) is 0 Å². The molecule has 1 aromatic carbocycles. The number of imide groups is 1. The third-order valence-electron chi connectivity index (χ3n) is 5.21. The highest BCUT2D eigenvalue weighted by Crippen LogP contribution is 2.35. The lowest BCUT2D eigenvalue weighted by Crippen LogP contribution is -2.56. The normalized spacial score (nSPS) is 25.1. The van der Waals surface area contributed by atoms with Crippen LogP contribution in [0.3, 0.4) is 0 Å². The lowest BCUT2D eigenvalue weighted by atomic mass is 9.74. The monoisotopic (exact) mass is 331 g/mol. The molecule has 3 N–H and O–H groups in total. The van der Waals surface area contributed by atoms with Crippen molar-refractivity contribution in [3.63, 3.8) is 0 Å². The molecule has 1 atom stereocenters. The first-order chi connectivity index (χ1) is 11.7. The van der Waals surface area contributed by atoms with Gasteiger partial charge in [0.2, 0.25) is 0 Å². The molecule has 3 rings (SSSR count). The van der Waals surface area contributed by atoms with Crippen molar-refractivity contribution in [3.05, 3.63) is 35.9 Å². The lowest BCUT2D eigenvalue weighted by Gasteiger charge is -2.38. The molecular formula is C18H25N3O3. The largest absolute Gasteiger partial charge is 0.395 e. The number of carbonyl (C=O) groups excluding carboxylic acids is 2. The second-order valence-corrected chi connectivity index (χ2v) is 6.59. The number of aryl methyl sites for hydroxylation is 1. The van der Waals surface area contributed by atoms with Gasteiger partial charge < -0.3 is 15.7 Å². The summed E-state index contributed by atoms with van der Waals surface area (Å²) in [5, 5.41) is 15.5. The Balaban J connectivity index is 1.84. The number of β-amino-alcohol motifs (C(OH)–C–C–N with tert-alkyl or cyclic N) is 1. The average molecular weight is 331 g/mol. The molecule has 2 heterocycles.